The quantitative estimate of drug-likeness (QED) is 0.870. The normalized spacial score (nSPS) is 11.3. The molecule has 0 spiro atoms. The zero-order valence-corrected chi connectivity index (χ0v) is 10.5. The van der Waals surface area contributed by atoms with Crippen molar-refractivity contribution in [2.45, 2.75) is 19.4 Å². The average molecular weight is 276 g/mol. The summed E-state index contributed by atoms with van der Waals surface area (Å²) in [4.78, 5) is 8.12. The van der Waals surface area contributed by atoms with E-state index in [0.29, 0.717) is 22.8 Å². The van der Waals surface area contributed by atoms with Crippen molar-refractivity contribution in [3.05, 3.63) is 10.7 Å². The molecule has 0 aliphatic carbocycles. The SMILES string of the molecule is COc1nc(NCC(C)(C)O)ncc1Br. The average Bonchev–Trinajstić information content (AvgIpc) is 2.15. The van der Waals surface area contributed by atoms with E-state index in [2.05, 4.69) is 31.2 Å². The maximum Gasteiger partial charge on any atom is 0.232 e. The molecule has 0 aliphatic heterocycles. The van der Waals surface area contributed by atoms with Crippen LogP contribution in [0.3, 0.4) is 0 Å². The Balaban J connectivity index is 2.70. The topological polar surface area (TPSA) is 67.3 Å². The number of anilines is 1. The van der Waals surface area contributed by atoms with Gasteiger partial charge in [-0.05, 0) is 29.8 Å². The third-order valence-corrected chi connectivity index (χ3v) is 2.13. The standard InChI is InChI=1S/C9H14BrN3O2/c1-9(2,14)5-12-8-11-4-6(10)7(13-8)15-3/h4,14H,5H2,1-3H3,(H,11,12,13). The van der Waals surface area contributed by atoms with E-state index < -0.39 is 5.60 Å². The Bertz CT molecular complexity index is 339. The van der Waals surface area contributed by atoms with Gasteiger partial charge in [-0.25, -0.2) is 4.98 Å². The van der Waals surface area contributed by atoms with E-state index in [0.717, 1.165) is 0 Å². The van der Waals surface area contributed by atoms with Gasteiger partial charge in [0, 0.05) is 6.54 Å². The maximum absolute atomic E-state index is 9.50. The first kappa shape index (κ1) is 12.2. The molecule has 1 heterocycles. The van der Waals surface area contributed by atoms with Gasteiger partial charge in [-0.3, -0.25) is 0 Å². The molecule has 0 unspecified atom stereocenters. The van der Waals surface area contributed by atoms with Crippen LogP contribution in [-0.2, 0) is 0 Å². The Labute approximate surface area is 97.0 Å². The number of rotatable bonds is 4. The summed E-state index contributed by atoms with van der Waals surface area (Å²) in [6.07, 6.45) is 1.60. The zero-order chi connectivity index (χ0) is 11.5. The van der Waals surface area contributed by atoms with Gasteiger partial charge in [0.25, 0.3) is 0 Å². The summed E-state index contributed by atoms with van der Waals surface area (Å²) in [6, 6.07) is 0. The summed E-state index contributed by atoms with van der Waals surface area (Å²) in [6.45, 7) is 3.78. The van der Waals surface area contributed by atoms with Crippen LogP contribution in [0.1, 0.15) is 13.8 Å². The largest absolute Gasteiger partial charge is 0.480 e. The van der Waals surface area contributed by atoms with E-state index in [-0.39, 0.29) is 0 Å². The van der Waals surface area contributed by atoms with Crippen molar-refractivity contribution in [1.82, 2.24) is 9.97 Å². The fourth-order valence-electron chi connectivity index (χ4n) is 0.875. The second kappa shape index (κ2) is 4.76. The Hall–Kier alpha value is -0.880. The van der Waals surface area contributed by atoms with Gasteiger partial charge >= 0.3 is 0 Å². The third-order valence-electron chi connectivity index (χ3n) is 1.58. The fourth-order valence-corrected chi connectivity index (χ4v) is 1.23. The highest BCUT2D eigenvalue weighted by Gasteiger charge is 2.13. The summed E-state index contributed by atoms with van der Waals surface area (Å²) in [5.41, 5.74) is -0.802. The molecule has 0 atom stereocenters. The van der Waals surface area contributed by atoms with Gasteiger partial charge in [0.1, 0.15) is 0 Å². The molecule has 0 amide bonds. The van der Waals surface area contributed by atoms with Crippen molar-refractivity contribution in [2.75, 3.05) is 19.0 Å². The van der Waals surface area contributed by atoms with Gasteiger partial charge < -0.3 is 15.2 Å². The summed E-state index contributed by atoms with van der Waals surface area (Å²) in [5, 5.41) is 12.4. The van der Waals surface area contributed by atoms with E-state index in [9.17, 15) is 5.11 Å². The lowest BCUT2D eigenvalue weighted by Gasteiger charge is -2.17. The second-order valence-electron chi connectivity index (χ2n) is 3.72. The highest BCUT2D eigenvalue weighted by atomic mass is 79.9. The number of nitrogens with zero attached hydrogens (tertiary/aromatic N) is 2. The Kier molecular flexibility index (Phi) is 3.87. The molecular weight excluding hydrogens is 262 g/mol. The van der Waals surface area contributed by atoms with Crippen LogP contribution >= 0.6 is 15.9 Å². The molecular formula is C9H14BrN3O2. The minimum absolute atomic E-state index is 0.373. The van der Waals surface area contributed by atoms with Gasteiger partial charge in [-0.2, -0.15) is 4.98 Å². The van der Waals surface area contributed by atoms with E-state index in [1.165, 1.54) is 7.11 Å². The molecule has 15 heavy (non-hydrogen) atoms. The molecule has 5 nitrogen and oxygen atoms in total. The first-order valence-electron chi connectivity index (χ1n) is 4.45. The highest BCUT2D eigenvalue weighted by Crippen LogP contribution is 2.21. The summed E-state index contributed by atoms with van der Waals surface area (Å²) in [7, 11) is 1.53. The lowest BCUT2D eigenvalue weighted by molar-refractivity contribution is 0.0943. The lowest BCUT2D eigenvalue weighted by atomic mass is 10.1. The monoisotopic (exact) mass is 275 g/mol. The van der Waals surface area contributed by atoms with E-state index >= 15 is 0 Å². The van der Waals surface area contributed by atoms with Crippen LogP contribution in [0.25, 0.3) is 0 Å². The number of ether oxygens (including phenoxy) is 1. The number of hydrogen-bond donors (Lipinski definition) is 2. The highest BCUT2D eigenvalue weighted by molar-refractivity contribution is 9.10. The Morgan fingerprint density at radius 3 is 2.80 bits per heavy atom. The molecule has 1 aromatic rings. The number of halogens is 1. The molecule has 0 saturated carbocycles. The van der Waals surface area contributed by atoms with Crippen LogP contribution < -0.4 is 10.1 Å². The van der Waals surface area contributed by atoms with Crippen molar-refractivity contribution in [1.29, 1.82) is 0 Å². The second-order valence-corrected chi connectivity index (χ2v) is 4.57. The number of hydrogen-bond acceptors (Lipinski definition) is 5. The molecule has 1 rings (SSSR count). The minimum Gasteiger partial charge on any atom is -0.480 e. The molecule has 84 valence electrons. The molecule has 6 heteroatoms. The summed E-state index contributed by atoms with van der Waals surface area (Å²) < 4.78 is 5.71. The van der Waals surface area contributed by atoms with E-state index in [1.807, 2.05) is 0 Å². The van der Waals surface area contributed by atoms with Crippen molar-refractivity contribution < 1.29 is 9.84 Å². The molecule has 1 aromatic heterocycles. The van der Waals surface area contributed by atoms with Crippen LogP contribution in [0, 0.1) is 0 Å². The van der Waals surface area contributed by atoms with E-state index in [4.69, 9.17) is 4.74 Å². The van der Waals surface area contributed by atoms with Gasteiger partial charge in [-0.15, -0.1) is 0 Å². The first-order chi connectivity index (χ1) is 6.92. The predicted molar refractivity (Wildman–Crippen MR) is 61.1 cm³/mol. The maximum atomic E-state index is 9.50. The van der Waals surface area contributed by atoms with Gasteiger partial charge in [0.2, 0.25) is 11.8 Å². The smallest absolute Gasteiger partial charge is 0.232 e. The van der Waals surface area contributed by atoms with Gasteiger partial charge in [0.05, 0.1) is 23.4 Å². The minimum atomic E-state index is -0.802. The molecule has 0 aliphatic rings. The van der Waals surface area contributed by atoms with Crippen LogP contribution in [-0.4, -0.2) is 34.3 Å². The molecule has 0 fully saturated rings. The number of aliphatic hydroxyl groups is 1. The number of methoxy groups -OCH3 is 1. The fraction of sp³-hybridized carbons (Fsp3) is 0.556. The van der Waals surface area contributed by atoms with Gasteiger partial charge in [-0.1, -0.05) is 0 Å². The molecule has 0 radical (unpaired) electrons. The molecule has 2 N–H and O–H groups in total. The Morgan fingerprint density at radius 2 is 2.27 bits per heavy atom. The van der Waals surface area contributed by atoms with Crippen molar-refractivity contribution >= 4 is 21.9 Å². The molecule has 0 saturated heterocycles. The molecule has 0 bridgehead atoms. The van der Waals surface area contributed by atoms with Gasteiger partial charge in [0.15, 0.2) is 0 Å². The van der Waals surface area contributed by atoms with Crippen LogP contribution in [0.5, 0.6) is 5.88 Å². The number of nitrogens with one attached hydrogen (secondary N) is 1. The first-order valence-corrected chi connectivity index (χ1v) is 5.24. The van der Waals surface area contributed by atoms with Crippen LogP contribution in [0.4, 0.5) is 5.95 Å². The van der Waals surface area contributed by atoms with Crippen molar-refractivity contribution in [3.8, 4) is 5.88 Å². The van der Waals surface area contributed by atoms with Crippen molar-refractivity contribution in [3.63, 3.8) is 0 Å². The molecule has 0 aromatic carbocycles. The number of aromatic nitrogens is 2. The third kappa shape index (κ3) is 4.01. The predicted octanol–water partition coefficient (Wildman–Crippen LogP) is 1.43. The van der Waals surface area contributed by atoms with Crippen LogP contribution in [0.15, 0.2) is 10.7 Å². The van der Waals surface area contributed by atoms with E-state index in [1.54, 1.807) is 20.0 Å². The zero-order valence-electron chi connectivity index (χ0n) is 8.91. The lowest BCUT2D eigenvalue weighted by Crippen LogP contribution is -2.29. The summed E-state index contributed by atoms with van der Waals surface area (Å²) >= 11 is 3.25. The van der Waals surface area contributed by atoms with Crippen LogP contribution in [0.2, 0.25) is 0 Å². The summed E-state index contributed by atoms with van der Waals surface area (Å²) in [5.74, 6) is 0.889. The van der Waals surface area contributed by atoms with Crippen molar-refractivity contribution in [2.24, 2.45) is 0 Å². The Morgan fingerprint density at radius 1 is 1.60 bits per heavy atom.